The molecule has 2 aromatic rings. The highest BCUT2D eigenvalue weighted by molar-refractivity contribution is 5.94. The molecule has 0 unspecified atom stereocenters. The topological polar surface area (TPSA) is 51.0 Å². The Kier molecular flexibility index (Phi) is 4.29. The molecule has 0 N–H and O–H groups in total. The molecule has 5 nitrogen and oxygen atoms in total. The largest absolute Gasteiger partial charge is 0.451 e. The molecule has 1 aliphatic rings. The van der Waals surface area contributed by atoms with Crippen LogP contribution in [0, 0.1) is 0 Å². The number of halogens is 3. The van der Waals surface area contributed by atoms with Gasteiger partial charge in [0.05, 0.1) is 6.54 Å². The Hall–Kier alpha value is -2.38. The van der Waals surface area contributed by atoms with Crippen LogP contribution in [0.25, 0.3) is 0 Å². The summed E-state index contributed by atoms with van der Waals surface area (Å²) in [5.74, 6) is -1.06. The quantitative estimate of drug-likeness (QED) is 0.865. The molecule has 0 radical (unpaired) electrons. The van der Waals surface area contributed by atoms with Gasteiger partial charge in [0, 0.05) is 18.7 Å². The van der Waals surface area contributed by atoms with Crippen LogP contribution in [0.1, 0.15) is 40.9 Å². The van der Waals surface area contributed by atoms with Crippen molar-refractivity contribution in [2.75, 3.05) is 6.54 Å². The molecule has 24 heavy (non-hydrogen) atoms. The molecule has 2 heterocycles. The summed E-state index contributed by atoms with van der Waals surface area (Å²) in [5.41, 5.74) is 1.68. The predicted octanol–water partition coefficient (Wildman–Crippen LogP) is 2.91. The third-order valence-corrected chi connectivity index (χ3v) is 4.03. The van der Waals surface area contributed by atoms with E-state index in [0.717, 1.165) is 23.0 Å². The Labute approximate surface area is 137 Å². The highest BCUT2D eigenvalue weighted by Crippen LogP contribution is 2.29. The van der Waals surface area contributed by atoms with Crippen LogP contribution in [0.4, 0.5) is 13.2 Å². The van der Waals surface area contributed by atoms with Crippen LogP contribution < -0.4 is 0 Å². The number of nitrogens with zero attached hydrogens (tertiary/aromatic N) is 4. The van der Waals surface area contributed by atoms with Crippen molar-refractivity contribution in [3.63, 3.8) is 0 Å². The van der Waals surface area contributed by atoms with Gasteiger partial charge in [0.15, 0.2) is 5.82 Å². The zero-order valence-electron chi connectivity index (χ0n) is 13.2. The van der Waals surface area contributed by atoms with Crippen molar-refractivity contribution in [2.45, 2.75) is 39.0 Å². The van der Waals surface area contributed by atoms with Crippen LogP contribution in [-0.4, -0.2) is 32.1 Å². The lowest BCUT2D eigenvalue weighted by Gasteiger charge is -2.28. The molecule has 0 aliphatic carbocycles. The summed E-state index contributed by atoms with van der Waals surface area (Å²) >= 11 is 0. The van der Waals surface area contributed by atoms with E-state index in [1.54, 1.807) is 12.1 Å². The number of carbonyl (C=O) groups is 1. The van der Waals surface area contributed by atoms with Crippen LogP contribution in [0.15, 0.2) is 24.3 Å². The van der Waals surface area contributed by atoms with E-state index in [1.165, 1.54) is 4.90 Å². The second kappa shape index (κ2) is 6.26. The SMILES string of the molecule is CCCc1ccc(C(=O)N2CCn3c(nnc3C(F)(F)F)C2)cc1. The number of aromatic nitrogens is 3. The summed E-state index contributed by atoms with van der Waals surface area (Å²) in [6.45, 7) is 2.34. The predicted molar refractivity (Wildman–Crippen MR) is 80.2 cm³/mol. The molecular weight excluding hydrogens is 321 g/mol. The molecule has 1 amide bonds. The number of rotatable bonds is 3. The molecule has 1 aromatic carbocycles. The highest BCUT2D eigenvalue weighted by atomic mass is 19.4. The fourth-order valence-corrected chi connectivity index (χ4v) is 2.83. The van der Waals surface area contributed by atoms with Gasteiger partial charge in [0.25, 0.3) is 5.91 Å². The van der Waals surface area contributed by atoms with Crippen molar-refractivity contribution in [1.82, 2.24) is 19.7 Å². The first kappa shape index (κ1) is 16.5. The number of alkyl halides is 3. The van der Waals surface area contributed by atoms with E-state index in [2.05, 4.69) is 17.1 Å². The fourth-order valence-electron chi connectivity index (χ4n) is 2.83. The molecule has 0 bridgehead atoms. The molecule has 0 atom stereocenters. The molecule has 0 saturated carbocycles. The normalized spacial score (nSPS) is 14.6. The van der Waals surface area contributed by atoms with E-state index in [1.807, 2.05) is 12.1 Å². The fraction of sp³-hybridized carbons (Fsp3) is 0.438. The molecular formula is C16H17F3N4O. The van der Waals surface area contributed by atoms with Gasteiger partial charge in [-0.15, -0.1) is 10.2 Å². The summed E-state index contributed by atoms with van der Waals surface area (Å²) < 4.78 is 39.5. The van der Waals surface area contributed by atoms with Gasteiger partial charge in [0.2, 0.25) is 5.82 Å². The number of carbonyl (C=O) groups excluding carboxylic acids is 1. The number of hydrogen-bond donors (Lipinski definition) is 0. The molecule has 8 heteroatoms. The summed E-state index contributed by atoms with van der Waals surface area (Å²) in [7, 11) is 0. The van der Waals surface area contributed by atoms with Crippen molar-refractivity contribution in [3.8, 4) is 0 Å². The molecule has 128 valence electrons. The van der Waals surface area contributed by atoms with E-state index in [4.69, 9.17) is 0 Å². The van der Waals surface area contributed by atoms with Crippen LogP contribution >= 0.6 is 0 Å². The minimum Gasteiger partial charge on any atom is -0.329 e. The van der Waals surface area contributed by atoms with E-state index in [0.29, 0.717) is 5.56 Å². The number of benzene rings is 1. The molecule has 3 rings (SSSR count). The van der Waals surface area contributed by atoms with Crippen molar-refractivity contribution in [1.29, 1.82) is 0 Å². The number of aryl methyl sites for hydroxylation is 1. The second-order valence-corrected chi connectivity index (χ2v) is 5.76. The summed E-state index contributed by atoms with van der Waals surface area (Å²) in [4.78, 5) is 14.0. The maximum absolute atomic E-state index is 12.8. The molecule has 1 aliphatic heterocycles. The van der Waals surface area contributed by atoms with Crippen molar-refractivity contribution < 1.29 is 18.0 Å². The van der Waals surface area contributed by atoms with Crippen LogP contribution in [0.5, 0.6) is 0 Å². The van der Waals surface area contributed by atoms with E-state index in [-0.39, 0.29) is 31.4 Å². The Bertz CT molecular complexity index is 737. The maximum Gasteiger partial charge on any atom is 0.451 e. The molecule has 1 aromatic heterocycles. The van der Waals surface area contributed by atoms with Crippen molar-refractivity contribution in [2.24, 2.45) is 0 Å². The summed E-state index contributed by atoms with van der Waals surface area (Å²) in [6, 6.07) is 7.33. The Morgan fingerprint density at radius 3 is 2.50 bits per heavy atom. The average Bonchev–Trinajstić information content (AvgIpc) is 2.98. The highest BCUT2D eigenvalue weighted by Gasteiger charge is 2.39. The smallest absolute Gasteiger partial charge is 0.329 e. The first-order valence-electron chi connectivity index (χ1n) is 7.77. The van der Waals surface area contributed by atoms with Crippen LogP contribution in [-0.2, 0) is 25.7 Å². The molecule has 0 saturated heterocycles. The van der Waals surface area contributed by atoms with Gasteiger partial charge in [-0.1, -0.05) is 25.5 Å². The standard InChI is InChI=1S/C16H17F3N4O/c1-2-3-11-4-6-12(7-5-11)14(24)22-8-9-23-13(10-22)20-21-15(23)16(17,18)19/h4-7H,2-3,8-10H2,1H3. The zero-order chi connectivity index (χ0) is 17.3. The summed E-state index contributed by atoms with van der Waals surface area (Å²) in [5, 5.41) is 6.80. The second-order valence-electron chi connectivity index (χ2n) is 5.76. The first-order valence-corrected chi connectivity index (χ1v) is 7.77. The Balaban J connectivity index is 1.75. The van der Waals surface area contributed by atoms with Crippen LogP contribution in [0.2, 0.25) is 0 Å². The van der Waals surface area contributed by atoms with Gasteiger partial charge in [-0.2, -0.15) is 13.2 Å². The van der Waals surface area contributed by atoms with Gasteiger partial charge >= 0.3 is 6.18 Å². The maximum atomic E-state index is 12.8. The number of amides is 1. The third kappa shape index (κ3) is 3.13. The molecule has 0 fully saturated rings. The van der Waals surface area contributed by atoms with E-state index < -0.39 is 12.0 Å². The van der Waals surface area contributed by atoms with Crippen LogP contribution in [0.3, 0.4) is 0 Å². The zero-order valence-corrected chi connectivity index (χ0v) is 13.2. The van der Waals surface area contributed by atoms with Gasteiger partial charge in [-0.25, -0.2) is 0 Å². The van der Waals surface area contributed by atoms with Gasteiger partial charge in [0.1, 0.15) is 0 Å². The first-order chi connectivity index (χ1) is 11.4. The van der Waals surface area contributed by atoms with E-state index >= 15 is 0 Å². The minimum absolute atomic E-state index is 0.0264. The summed E-state index contributed by atoms with van der Waals surface area (Å²) in [6.07, 6.45) is -2.56. The lowest BCUT2D eigenvalue weighted by Crippen LogP contribution is -2.39. The molecule has 0 spiro atoms. The van der Waals surface area contributed by atoms with E-state index in [9.17, 15) is 18.0 Å². The van der Waals surface area contributed by atoms with Gasteiger partial charge < -0.3 is 9.47 Å². The van der Waals surface area contributed by atoms with Gasteiger partial charge in [-0.3, -0.25) is 4.79 Å². The lowest BCUT2D eigenvalue weighted by molar-refractivity contribution is -0.147. The third-order valence-electron chi connectivity index (χ3n) is 4.03. The lowest BCUT2D eigenvalue weighted by atomic mass is 10.1. The Morgan fingerprint density at radius 1 is 1.17 bits per heavy atom. The minimum atomic E-state index is -4.54. The van der Waals surface area contributed by atoms with Crippen molar-refractivity contribution in [3.05, 3.63) is 47.0 Å². The monoisotopic (exact) mass is 338 g/mol. The average molecular weight is 338 g/mol. The Morgan fingerprint density at radius 2 is 1.88 bits per heavy atom. The van der Waals surface area contributed by atoms with Crippen molar-refractivity contribution >= 4 is 5.91 Å². The number of fused-ring (bicyclic) bond motifs is 1. The van der Waals surface area contributed by atoms with Gasteiger partial charge in [-0.05, 0) is 24.1 Å². The number of hydrogen-bond acceptors (Lipinski definition) is 3.